The van der Waals surface area contributed by atoms with E-state index in [1.54, 1.807) is 60.7 Å². The van der Waals surface area contributed by atoms with E-state index >= 15 is 0 Å². The van der Waals surface area contributed by atoms with Gasteiger partial charge in [-0.3, -0.25) is 14.1 Å². The molecular formula is C29H23NO5S. The molecule has 1 amide bonds. The Morgan fingerprint density at radius 3 is 1.97 bits per heavy atom. The number of hydrogen-bond donors (Lipinski definition) is 2. The van der Waals surface area contributed by atoms with Gasteiger partial charge in [-0.1, -0.05) is 91.0 Å². The molecule has 6 nitrogen and oxygen atoms in total. The molecule has 0 unspecified atom stereocenters. The van der Waals surface area contributed by atoms with Gasteiger partial charge in [0, 0.05) is 23.2 Å². The first-order valence-corrected chi connectivity index (χ1v) is 12.6. The third-order valence-electron chi connectivity index (χ3n) is 5.48. The average molecular weight is 498 g/mol. The Balaban J connectivity index is 1.49. The summed E-state index contributed by atoms with van der Waals surface area (Å²) < 4.78 is 33.8. The lowest BCUT2D eigenvalue weighted by atomic mass is 10.0. The topological polar surface area (TPSA) is 101 Å². The minimum absolute atomic E-state index is 0.0242. The van der Waals surface area contributed by atoms with Crippen LogP contribution in [-0.2, 0) is 16.5 Å². The number of carbonyl (C=O) groups is 2. The van der Waals surface area contributed by atoms with Gasteiger partial charge in [-0.05, 0) is 41.0 Å². The maximum Gasteiger partial charge on any atom is 0.295 e. The lowest BCUT2D eigenvalue weighted by Gasteiger charge is -2.09. The van der Waals surface area contributed by atoms with Crippen LogP contribution in [0.5, 0.6) is 0 Å². The van der Waals surface area contributed by atoms with Crippen LogP contribution in [0, 0.1) is 0 Å². The molecule has 0 radical (unpaired) electrons. The highest BCUT2D eigenvalue weighted by Gasteiger charge is 2.16. The molecule has 0 aliphatic rings. The van der Waals surface area contributed by atoms with Crippen molar-refractivity contribution in [3.63, 3.8) is 0 Å². The van der Waals surface area contributed by atoms with Crippen molar-refractivity contribution in [3.05, 3.63) is 131 Å². The van der Waals surface area contributed by atoms with Crippen LogP contribution in [0.4, 0.5) is 5.69 Å². The lowest BCUT2D eigenvalue weighted by molar-refractivity contribution is 0.0991. The number of carbonyl (C=O) groups excluding carboxylic acids is 2. The maximum atomic E-state index is 12.4. The molecule has 0 aliphatic carbocycles. The quantitative estimate of drug-likeness (QED) is 0.183. The van der Waals surface area contributed by atoms with Gasteiger partial charge in [0.25, 0.3) is 16.0 Å². The zero-order chi connectivity index (χ0) is 25.5. The molecule has 2 N–H and O–H groups in total. The molecule has 0 saturated heterocycles. The van der Waals surface area contributed by atoms with E-state index in [1.165, 1.54) is 12.1 Å². The van der Waals surface area contributed by atoms with Crippen LogP contribution in [-0.4, -0.2) is 24.7 Å². The first-order valence-electron chi connectivity index (χ1n) is 11.1. The number of amides is 1. The van der Waals surface area contributed by atoms with E-state index in [9.17, 15) is 22.6 Å². The molecule has 36 heavy (non-hydrogen) atoms. The molecule has 4 aromatic rings. The fraction of sp³-hybridized carbons (Fsp3) is 0.0345. The number of rotatable bonds is 8. The highest BCUT2D eigenvalue weighted by atomic mass is 32.2. The average Bonchev–Trinajstić information content (AvgIpc) is 2.89. The van der Waals surface area contributed by atoms with Crippen molar-refractivity contribution in [2.45, 2.75) is 11.3 Å². The summed E-state index contributed by atoms with van der Waals surface area (Å²) in [6.07, 6.45) is 3.54. The monoisotopic (exact) mass is 497 g/mol. The largest absolute Gasteiger partial charge is 0.322 e. The van der Waals surface area contributed by atoms with Gasteiger partial charge in [0.2, 0.25) is 0 Å². The predicted molar refractivity (Wildman–Crippen MR) is 140 cm³/mol. The molecule has 0 atom stereocenters. The van der Waals surface area contributed by atoms with Crippen molar-refractivity contribution in [1.29, 1.82) is 0 Å². The number of nitrogens with one attached hydrogen (secondary N) is 1. The van der Waals surface area contributed by atoms with Crippen LogP contribution in [0.1, 0.15) is 37.4 Å². The SMILES string of the molecule is O=C(Cc1ccc(/C=C/c2ccc(NC(=O)c3ccccc3)cc2S(=O)(=O)O)cc1)c1ccccc1. The van der Waals surface area contributed by atoms with Gasteiger partial charge >= 0.3 is 0 Å². The lowest BCUT2D eigenvalue weighted by Crippen LogP contribution is -2.12. The summed E-state index contributed by atoms with van der Waals surface area (Å²) >= 11 is 0. The fourth-order valence-electron chi connectivity index (χ4n) is 3.61. The Morgan fingerprint density at radius 2 is 1.36 bits per heavy atom. The van der Waals surface area contributed by atoms with Crippen LogP contribution in [0.2, 0.25) is 0 Å². The minimum Gasteiger partial charge on any atom is -0.322 e. The molecular weight excluding hydrogens is 474 g/mol. The van der Waals surface area contributed by atoms with E-state index in [4.69, 9.17) is 0 Å². The second kappa shape index (κ2) is 10.9. The Kier molecular flexibility index (Phi) is 7.53. The molecule has 0 spiro atoms. The summed E-state index contributed by atoms with van der Waals surface area (Å²) in [6, 6.07) is 29.2. The van der Waals surface area contributed by atoms with Gasteiger partial charge in [-0.2, -0.15) is 8.42 Å². The maximum absolute atomic E-state index is 12.4. The molecule has 4 rings (SSSR count). The minimum atomic E-state index is -4.55. The van der Waals surface area contributed by atoms with Crippen molar-refractivity contribution in [1.82, 2.24) is 0 Å². The van der Waals surface area contributed by atoms with Gasteiger partial charge < -0.3 is 5.32 Å². The second-order valence-electron chi connectivity index (χ2n) is 8.09. The molecule has 0 aliphatic heterocycles. The number of ketones is 1. The van der Waals surface area contributed by atoms with E-state index in [2.05, 4.69) is 5.32 Å². The molecule has 180 valence electrons. The van der Waals surface area contributed by atoms with Gasteiger partial charge in [0.15, 0.2) is 5.78 Å². The van der Waals surface area contributed by atoms with Gasteiger partial charge in [0.05, 0.1) is 0 Å². The van der Waals surface area contributed by atoms with Crippen molar-refractivity contribution in [3.8, 4) is 0 Å². The van der Waals surface area contributed by atoms with Crippen molar-refractivity contribution in [2.75, 3.05) is 5.32 Å². The Labute approximate surface area is 209 Å². The van der Waals surface area contributed by atoms with E-state index < -0.39 is 16.0 Å². The molecule has 0 bridgehead atoms. The molecule has 0 fully saturated rings. The van der Waals surface area contributed by atoms with Crippen molar-refractivity contribution in [2.24, 2.45) is 0 Å². The zero-order valence-electron chi connectivity index (χ0n) is 19.2. The predicted octanol–water partition coefficient (Wildman–Crippen LogP) is 5.78. The summed E-state index contributed by atoms with van der Waals surface area (Å²) in [5.41, 5.74) is 3.22. The van der Waals surface area contributed by atoms with Crippen LogP contribution in [0.3, 0.4) is 0 Å². The fourth-order valence-corrected chi connectivity index (χ4v) is 4.32. The van der Waals surface area contributed by atoms with E-state index in [0.29, 0.717) is 11.1 Å². The van der Waals surface area contributed by atoms with E-state index in [0.717, 1.165) is 11.1 Å². The molecule has 0 saturated carbocycles. The Bertz CT molecular complexity index is 1510. The van der Waals surface area contributed by atoms with Crippen LogP contribution in [0.15, 0.2) is 108 Å². The van der Waals surface area contributed by atoms with Crippen molar-refractivity contribution < 1.29 is 22.6 Å². The molecule has 4 aromatic carbocycles. The summed E-state index contributed by atoms with van der Waals surface area (Å²) in [5, 5.41) is 2.64. The summed E-state index contributed by atoms with van der Waals surface area (Å²) in [6.45, 7) is 0. The number of benzene rings is 4. The van der Waals surface area contributed by atoms with Gasteiger partial charge in [0.1, 0.15) is 4.90 Å². The number of Topliss-reactive ketones (excluding diaryl/α,β-unsaturated/α-hetero) is 1. The number of anilines is 1. The first kappa shape index (κ1) is 24.8. The van der Waals surface area contributed by atoms with E-state index in [1.807, 2.05) is 42.5 Å². The third-order valence-corrected chi connectivity index (χ3v) is 6.39. The summed E-state index contributed by atoms with van der Waals surface area (Å²) in [7, 11) is -4.55. The van der Waals surface area contributed by atoms with E-state index in [-0.39, 0.29) is 28.4 Å². The number of hydrogen-bond acceptors (Lipinski definition) is 4. The smallest absolute Gasteiger partial charge is 0.295 e. The summed E-state index contributed by atoms with van der Waals surface area (Å²) in [4.78, 5) is 24.5. The van der Waals surface area contributed by atoms with Gasteiger partial charge in [-0.15, -0.1) is 0 Å². The van der Waals surface area contributed by atoms with Crippen molar-refractivity contribution >= 4 is 39.6 Å². The normalized spacial score (nSPS) is 11.4. The molecule has 7 heteroatoms. The Morgan fingerprint density at radius 1 is 0.750 bits per heavy atom. The highest BCUT2D eigenvalue weighted by Crippen LogP contribution is 2.23. The molecule has 0 aromatic heterocycles. The summed E-state index contributed by atoms with van der Waals surface area (Å²) in [5.74, 6) is -0.373. The zero-order valence-corrected chi connectivity index (χ0v) is 20.0. The molecule has 0 heterocycles. The highest BCUT2D eigenvalue weighted by molar-refractivity contribution is 7.86. The first-order chi connectivity index (χ1) is 17.3. The van der Waals surface area contributed by atoms with Crippen LogP contribution < -0.4 is 5.32 Å². The third kappa shape index (κ3) is 6.41. The van der Waals surface area contributed by atoms with Crippen LogP contribution in [0.25, 0.3) is 12.2 Å². The van der Waals surface area contributed by atoms with Crippen LogP contribution >= 0.6 is 0 Å². The van der Waals surface area contributed by atoms with Gasteiger partial charge in [-0.25, -0.2) is 0 Å². The standard InChI is InChI=1S/C29H23NO5S/c31-27(23-7-3-1-4-8-23)19-22-13-11-21(12-14-22)15-16-24-17-18-26(20-28(24)36(33,34)35)30-29(32)25-9-5-2-6-10-25/h1-18,20H,19H2,(H,30,32)(H,33,34,35)/b16-15+. The Hall–Kier alpha value is -4.33. The second-order valence-corrected chi connectivity index (χ2v) is 9.48.